The summed E-state index contributed by atoms with van der Waals surface area (Å²) in [7, 11) is 0. The molecular weight excluding hydrogens is 224 g/mol. The first-order chi connectivity index (χ1) is 8.37. The third kappa shape index (κ3) is 1.09. The normalized spacial score (nSPS) is 52.1. The van der Waals surface area contributed by atoms with Gasteiger partial charge in [-0.2, -0.15) is 0 Å². The van der Waals surface area contributed by atoms with E-state index in [0.29, 0.717) is 5.41 Å². The Kier molecular flexibility index (Phi) is 1.86. The number of esters is 1. The minimum Gasteiger partial charge on any atom is -0.459 e. The SMILES string of the molecule is CC(=O)OC(C)(C)C12CC3CC4CC(C1)C4(C3)C2. The monoisotopic (exact) mass is 248 g/mol. The molecule has 0 heterocycles. The maximum Gasteiger partial charge on any atom is 0.303 e. The lowest BCUT2D eigenvalue weighted by molar-refractivity contribution is -0.172. The van der Waals surface area contributed by atoms with Crippen LogP contribution in [0.5, 0.6) is 0 Å². The van der Waals surface area contributed by atoms with Gasteiger partial charge in [-0.25, -0.2) is 0 Å². The van der Waals surface area contributed by atoms with Crippen LogP contribution in [0, 0.1) is 28.6 Å². The van der Waals surface area contributed by atoms with Gasteiger partial charge in [0.15, 0.2) is 0 Å². The molecule has 4 aliphatic rings. The van der Waals surface area contributed by atoms with E-state index in [9.17, 15) is 4.79 Å². The third-order valence-corrected chi connectivity index (χ3v) is 7.14. The van der Waals surface area contributed by atoms with Gasteiger partial charge < -0.3 is 4.74 Å². The zero-order chi connectivity index (χ0) is 12.8. The molecule has 0 N–H and O–H groups in total. The van der Waals surface area contributed by atoms with E-state index in [4.69, 9.17) is 4.74 Å². The summed E-state index contributed by atoms with van der Waals surface area (Å²) in [5.41, 5.74) is 0.703. The Morgan fingerprint density at radius 3 is 2.67 bits per heavy atom. The molecule has 4 aliphatic carbocycles. The molecule has 4 rings (SSSR count). The maximum atomic E-state index is 11.4. The van der Waals surface area contributed by atoms with Crippen molar-refractivity contribution < 1.29 is 9.53 Å². The van der Waals surface area contributed by atoms with Crippen molar-refractivity contribution in [3.63, 3.8) is 0 Å². The second-order valence-corrected chi connectivity index (χ2v) is 8.14. The van der Waals surface area contributed by atoms with Crippen molar-refractivity contribution in [2.24, 2.45) is 28.6 Å². The van der Waals surface area contributed by atoms with E-state index in [0.717, 1.165) is 17.8 Å². The highest BCUT2D eigenvalue weighted by atomic mass is 16.6. The van der Waals surface area contributed by atoms with Crippen molar-refractivity contribution in [3.05, 3.63) is 0 Å². The Hall–Kier alpha value is -0.530. The third-order valence-electron chi connectivity index (χ3n) is 7.14. The number of carbonyl (C=O) groups excluding carboxylic acids is 1. The molecule has 4 saturated carbocycles. The summed E-state index contributed by atoms with van der Waals surface area (Å²) in [6, 6.07) is 0. The first-order valence-electron chi connectivity index (χ1n) is 7.57. The van der Waals surface area contributed by atoms with Gasteiger partial charge in [0.2, 0.25) is 0 Å². The van der Waals surface area contributed by atoms with Crippen molar-refractivity contribution in [2.45, 2.75) is 64.9 Å². The summed E-state index contributed by atoms with van der Waals surface area (Å²) in [5, 5.41) is 0. The predicted molar refractivity (Wildman–Crippen MR) is 68.9 cm³/mol. The number of hydrogen-bond donors (Lipinski definition) is 0. The van der Waals surface area contributed by atoms with Crippen LogP contribution in [0.3, 0.4) is 0 Å². The van der Waals surface area contributed by atoms with E-state index in [1.54, 1.807) is 6.92 Å². The van der Waals surface area contributed by atoms with Gasteiger partial charge in [0.25, 0.3) is 0 Å². The van der Waals surface area contributed by atoms with Crippen LogP contribution < -0.4 is 0 Å². The van der Waals surface area contributed by atoms with Crippen LogP contribution in [-0.4, -0.2) is 11.6 Å². The summed E-state index contributed by atoms with van der Waals surface area (Å²) in [4.78, 5) is 11.4. The molecule has 2 nitrogen and oxygen atoms in total. The Labute approximate surface area is 109 Å². The molecule has 2 heteroatoms. The summed E-state index contributed by atoms with van der Waals surface area (Å²) in [5.74, 6) is 2.78. The van der Waals surface area contributed by atoms with E-state index in [1.807, 2.05) is 0 Å². The number of carbonyl (C=O) groups is 1. The Morgan fingerprint density at radius 1 is 1.17 bits per heavy atom. The van der Waals surface area contributed by atoms with Crippen LogP contribution in [0.1, 0.15) is 59.3 Å². The summed E-state index contributed by atoms with van der Waals surface area (Å²) in [6.07, 6.45) is 8.39. The number of rotatable bonds is 2. The van der Waals surface area contributed by atoms with Crippen LogP contribution in [0.2, 0.25) is 0 Å². The number of ether oxygens (including phenoxy) is 1. The highest BCUT2D eigenvalue weighted by molar-refractivity contribution is 5.66. The van der Waals surface area contributed by atoms with Gasteiger partial charge in [-0.15, -0.1) is 0 Å². The summed E-state index contributed by atoms with van der Waals surface area (Å²) >= 11 is 0. The number of fused-ring (bicyclic) bond motifs is 2. The molecule has 0 aliphatic heterocycles. The van der Waals surface area contributed by atoms with Crippen molar-refractivity contribution in [2.75, 3.05) is 0 Å². The van der Waals surface area contributed by atoms with Crippen molar-refractivity contribution in [1.82, 2.24) is 0 Å². The molecule has 0 aromatic carbocycles. The second kappa shape index (κ2) is 2.96. The summed E-state index contributed by atoms with van der Waals surface area (Å²) < 4.78 is 5.75. The lowest BCUT2D eigenvalue weighted by atomic mass is 9.55. The fourth-order valence-corrected chi connectivity index (χ4v) is 6.53. The molecule has 0 aromatic heterocycles. The highest BCUT2D eigenvalue weighted by Crippen LogP contribution is 2.80. The van der Waals surface area contributed by atoms with Gasteiger partial charge in [0.05, 0.1) is 0 Å². The zero-order valence-electron chi connectivity index (χ0n) is 11.8. The van der Waals surface area contributed by atoms with Gasteiger partial charge in [-0.05, 0) is 75.5 Å². The van der Waals surface area contributed by atoms with E-state index >= 15 is 0 Å². The quantitative estimate of drug-likeness (QED) is 0.699. The fraction of sp³-hybridized carbons (Fsp3) is 0.938. The van der Waals surface area contributed by atoms with Crippen molar-refractivity contribution >= 4 is 5.97 Å². The molecule has 5 unspecified atom stereocenters. The van der Waals surface area contributed by atoms with E-state index in [2.05, 4.69) is 13.8 Å². The van der Waals surface area contributed by atoms with Gasteiger partial charge in [0.1, 0.15) is 5.60 Å². The molecule has 100 valence electrons. The first kappa shape index (κ1) is 11.3. The maximum absolute atomic E-state index is 11.4. The molecule has 0 amide bonds. The van der Waals surface area contributed by atoms with Gasteiger partial charge in [-0.3, -0.25) is 4.79 Å². The van der Waals surface area contributed by atoms with Crippen LogP contribution >= 0.6 is 0 Å². The van der Waals surface area contributed by atoms with E-state index in [1.165, 1.54) is 38.5 Å². The van der Waals surface area contributed by atoms with Crippen LogP contribution in [0.4, 0.5) is 0 Å². The highest BCUT2D eigenvalue weighted by Gasteiger charge is 2.73. The Morgan fingerprint density at radius 2 is 1.94 bits per heavy atom. The van der Waals surface area contributed by atoms with Gasteiger partial charge >= 0.3 is 5.97 Å². The Balaban J connectivity index is 1.71. The van der Waals surface area contributed by atoms with Gasteiger partial charge in [-0.1, -0.05) is 0 Å². The zero-order valence-corrected chi connectivity index (χ0v) is 11.8. The average molecular weight is 248 g/mol. The molecule has 18 heavy (non-hydrogen) atoms. The molecule has 0 radical (unpaired) electrons. The van der Waals surface area contributed by atoms with Gasteiger partial charge in [0, 0.05) is 12.3 Å². The summed E-state index contributed by atoms with van der Waals surface area (Å²) in [6.45, 7) is 5.88. The average Bonchev–Trinajstić information content (AvgIpc) is 2.53. The lowest BCUT2D eigenvalue weighted by Crippen LogP contribution is -2.48. The van der Waals surface area contributed by atoms with E-state index < -0.39 is 0 Å². The van der Waals surface area contributed by atoms with Crippen molar-refractivity contribution in [1.29, 1.82) is 0 Å². The van der Waals surface area contributed by atoms with Crippen LogP contribution in [0.15, 0.2) is 0 Å². The molecule has 1 spiro atoms. The smallest absolute Gasteiger partial charge is 0.303 e. The number of hydrogen-bond acceptors (Lipinski definition) is 2. The first-order valence-corrected chi connectivity index (χ1v) is 7.57. The predicted octanol–water partition coefficient (Wildman–Crippen LogP) is 3.54. The second-order valence-electron chi connectivity index (χ2n) is 8.14. The molecular formula is C16H24O2. The molecule has 0 saturated heterocycles. The minimum absolute atomic E-state index is 0.111. The Bertz CT molecular complexity index is 423. The topological polar surface area (TPSA) is 26.3 Å². The minimum atomic E-state index is -0.267. The largest absolute Gasteiger partial charge is 0.459 e. The molecule has 5 atom stereocenters. The molecule has 4 fully saturated rings. The molecule has 3 bridgehead atoms. The fourth-order valence-electron chi connectivity index (χ4n) is 6.53. The van der Waals surface area contributed by atoms with Crippen LogP contribution in [-0.2, 0) is 9.53 Å². The van der Waals surface area contributed by atoms with Crippen molar-refractivity contribution in [3.8, 4) is 0 Å². The lowest BCUT2D eigenvalue weighted by Gasteiger charge is -2.50. The van der Waals surface area contributed by atoms with Crippen LogP contribution in [0.25, 0.3) is 0 Å². The standard InChI is InChI=1S/C16H24O2/c1-10(17)18-14(2,3)15-6-11-4-12-5-13(8-15)16(12,7-11)9-15/h11-13H,4-9H2,1-3H3. The van der Waals surface area contributed by atoms with E-state index in [-0.39, 0.29) is 17.0 Å². The molecule has 0 aromatic rings.